The fraction of sp³-hybridized carbons (Fsp3) is 0.167. The molecule has 0 fully saturated rings. The number of hydrogen-bond acceptors (Lipinski definition) is 5. The first-order valence-corrected chi connectivity index (χ1v) is 11.8. The summed E-state index contributed by atoms with van der Waals surface area (Å²) >= 11 is 6.02. The van der Waals surface area contributed by atoms with Gasteiger partial charge in [-0.3, -0.25) is 4.79 Å². The Balaban J connectivity index is 1.66. The maximum Gasteiger partial charge on any atom is 0.338 e. The normalized spacial score (nSPS) is 11.3. The van der Waals surface area contributed by atoms with Gasteiger partial charge in [-0.05, 0) is 41.8 Å². The summed E-state index contributed by atoms with van der Waals surface area (Å²) < 4.78 is 31.0. The van der Waals surface area contributed by atoms with Gasteiger partial charge in [-0.1, -0.05) is 60.1 Å². The van der Waals surface area contributed by atoms with E-state index < -0.39 is 28.5 Å². The molecule has 1 amide bonds. The van der Waals surface area contributed by atoms with Gasteiger partial charge in [-0.15, -0.1) is 0 Å². The van der Waals surface area contributed by atoms with Crippen molar-refractivity contribution in [2.45, 2.75) is 11.3 Å². The molecule has 172 valence electrons. The third-order valence-corrected chi connectivity index (χ3v) is 7.08. The van der Waals surface area contributed by atoms with Crippen molar-refractivity contribution in [2.24, 2.45) is 0 Å². The zero-order valence-corrected chi connectivity index (χ0v) is 19.7. The standard InChI is InChI=1S/C24H23ClN2O5S/c1-27(2)33(30,31)22-15-19(12-13-21(22)25)26-23(28)16-32-24(29)20-11-7-6-10-18(20)14-17-8-4-3-5-9-17/h3-13,15H,14,16H2,1-2H3,(H,26,28). The first-order chi connectivity index (χ1) is 15.7. The topological polar surface area (TPSA) is 92.8 Å². The number of ether oxygens (including phenoxy) is 1. The lowest BCUT2D eigenvalue weighted by atomic mass is 10.00. The summed E-state index contributed by atoms with van der Waals surface area (Å²) in [6.45, 7) is -0.531. The number of rotatable bonds is 8. The third kappa shape index (κ3) is 6.19. The van der Waals surface area contributed by atoms with Gasteiger partial charge in [0.1, 0.15) is 4.90 Å². The molecule has 0 unspecified atom stereocenters. The number of carbonyl (C=O) groups is 2. The summed E-state index contributed by atoms with van der Waals surface area (Å²) in [5.41, 5.74) is 2.41. The Labute approximate surface area is 198 Å². The van der Waals surface area contributed by atoms with Crippen LogP contribution in [0.15, 0.2) is 77.7 Å². The van der Waals surface area contributed by atoms with E-state index in [1.807, 2.05) is 42.5 Å². The van der Waals surface area contributed by atoms with Gasteiger partial charge in [-0.2, -0.15) is 0 Å². The van der Waals surface area contributed by atoms with Gasteiger partial charge in [-0.25, -0.2) is 17.5 Å². The smallest absolute Gasteiger partial charge is 0.338 e. The average molecular weight is 487 g/mol. The summed E-state index contributed by atoms with van der Waals surface area (Å²) in [5, 5.41) is 2.55. The van der Waals surface area contributed by atoms with Crippen LogP contribution in [-0.2, 0) is 26.0 Å². The molecule has 0 saturated heterocycles. The zero-order valence-electron chi connectivity index (χ0n) is 18.1. The highest BCUT2D eigenvalue weighted by Crippen LogP contribution is 2.26. The first kappa shape index (κ1) is 24.4. The summed E-state index contributed by atoms with van der Waals surface area (Å²) in [5.74, 6) is -1.23. The Morgan fingerprint density at radius 1 is 0.970 bits per heavy atom. The zero-order chi connectivity index (χ0) is 24.0. The largest absolute Gasteiger partial charge is 0.452 e. The molecule has 0 bridgehead atoms. The van der Waals surface area contributed by atoms with E-state index in [9.17, 15) is 18.0 Å². The molecule has 3 aromatic carbocycles. The Hall–Kier alpha value is -3.20. The van der Waals surface area contributed by atoms with E-state index in [1.165, 1.54) is 32.3 Å². The van der Waals surface area contributed by atoms with Crippen LogP contribution in [0.3, 0.4) is 0 Å². The van der Waals surface area contributed by atoms with Crippen LogP contribution in [0.25, 0.3) is 0 Å². The highest BCUT2D eigenvalue weighted by atomic mass is 35.5. The monoisotopic (exact) mass is 486 g/mol. The molecule has 0 saturated carbocycles. The fourth-order valence-corrected chi connectivity index (χ4v) is 4.46. The Kier molecular flexibility index (Phi) is 7.86. The summed E-state index contributed by atoms with van der Waals surface area (Å²) in [6.07, 6.45) is 0.548. The molecule has 0 heterocycles. The fourth-order valence-electron chi connectivity index (χ4n) is 3.07. The summed E-state index contributed by atoms with van der Waals surface area (Å²) in [6, 6.07) is 20.8. The SMILES string of the molecule is CN(C)S(=O)(=O)c1cc(NC(=O)COC(=O)c2ccccc2Cc2ccccc2)ccc1Cl. The third-order valence-electron chi connectivity index (χ3n) is 4.78. The van der Waals surface area contributed by atoms with E-state index in [-0.39, 0.29) is 15.6 Å². The molecule has 0 aromatic heterocycles. The molecule has 3 aromatic rings. The van der Waals surface area contributed by atoms with Crippen LogP contribution >= 0.6 is 11.6 Å². The Morgan fingerprint density at radius 2 is 1.64 bits per heavy atom. The lowest BCUT2D eigenvalue weighted by Crippen LogP contribution is -2.24. The van der Waals surface area contributed by atoms with Gasteiger partial charge >= 0.3 is 5.97 Å². The van der Waals surface area contributed by atoms with Gasteiger partial charge in [0, 0.05) is 19.8 Å². The second-order valence-corrected chi connectivity index (χ2v) is 9.90. The van der Waals surface area contributed by atoms with Crippen molar-refractivity contribution in [3.63, 3.8) is 0 Å². The molecular weight excluding hydrogens is 464 g/mol. The predicted molar refractivity (Wildman–Crippen MR) is 127 cm³/mol. The number of hydrogen-bond donors (Lipinski definition) is 1. The number of anilines is 1. The lowest BCUT2D eigenvalue weighted by Gasteiger charge is -2.14. The van der Waals surface area contributed by atoms with Crippen LogP contribution in [0.1, 0.15) is 21.5 Å². The van der Waals surface area contributed by atoms with E-state index in [4.69, 9.17) is 16.3 Å². The minimum Gasteiger partial charge on any atom is -0.452 e. The molecule has 0 radical (unpaired) electrons. The molecule has 9 heteroatoms. The number of carbonyl (C=O) groups excluding carboxylic acids is 2. The maximum absolute atomic E-state index is 12.6. The van der Waals surface area contributed by atoms with Crippen molar-refractivity contribution in [1.82, 2.24) is 4.31 Å². The molecular formula is C24H23ClN2O5S. The number of nitrogens with zero attached hydrogens (tertiary/aromatic N) is 1. The van der Waals surface area contributed by atoms with Gasteiger partial charge in [0.05, 0.1) is 10.6 Å². The van der Waals surface area contributed by atoms with Crippen molar-refractivity contribution in [2.75, 3.05) is 26.0 Å². The van der Waals surface area contributed by atoms with Crippen LogP contribution in [0.4, 0.5) is 5.69 Å². The van der Waals surface area contributed by atoms with Crippen molar-refractivity contribution in [3.05, 3.63) is 94.5 Å². The first-order valence-electron chi connectivity index (χ1n) is 9.99. The summed E-state index contributed by atoms with van der Waals surface area (Å²) in [4.78, 5) is 24.8. The molecule has 0 spiro atoms. The highest BCUT2D eigenvalue weighted by Gasteiger charge is 2.22. The van der Waals surface area contributed by atoms with Crippen molar-refractivity contribution in [1.29, 1.82) is 0 Å². The number of amides is 1. The average Bonchev–Trinajstić information content (AvgIpc) is 2.79. The van der Waals surface area contributed by atoms with Crippen LogP contribution in [-0.4, -0.2) is 45.3 Å². The summed E-state index contributed by atoms with van der Waals surface area (Å²) in [7, 11) is -1.03. The second-order valence-electron chi connectivity index (χ2n) is 7.38. The van der Waals surface area contributed by atoms with Crippen molar-refractivity contribution in [3.8, 4) is 0 Å². The molecule has 0 atom stereocenters. The number of halogens is 1. The van der Waals surface area contributed by atoms with Crippen LogP contribution in [0, 0.1) is 0 Å². The lowest BCUT2D eigenvalue weighted by molar-refractivity contribution is -0.119. The van der Waals surface area contributed by atoms with Gasteiger partial charge in [0.25, 0.3) is 5.91 Å². The van der Waals surface area contributed by atoms with E-state index in [0.29, 0.717) is 12.0 Å². The van der Waals surface area contributed by atoms with Crippen LogP contribution < -0.4 is 5.32 Å². The van der Waals surface area contributed by atoms with E-state index in [0.717, 1.165) is 15.4 Å². The molecule has 33 heavy (non-hydrogen) atoms. The molecule has 0 aliphatic carbocycles. The van der Waals surface area contributed by atoms with E-state index in [2.05, 4.69) is 5.32 Å². The highest BCUT2D eigenvalue weighted by molar-refractivity contribution is 7.89. The van der Waals surface area contributed by atoms with Gasteiger partial charge in [0.2, 0.25) is 10.0 Å². The minimum atomic E-state index is -3.79. The molecule has 7 nitrogen and oxygen atoms in total. The molecule has 3 rings (SSSR count). The number of esters is 1. The van der Waals surface area contributed by atoms with Crippen LogP contribution in [0.5, 0.6) is 0 Å². The van der Waals surface area contributed by atoms with Gasteiger partial charge in [0.15, 0.2) is 6.61 Å². The molecule has 1 N–H and O–H groups in total. The Bertz CT molecular complexity index is 1260. The molecule has 0 aliphatic rings. The quantitative estimate of drug-likeness (QED) is 0.486. The maximum atomic E-state index is 12.6. The second kappa shape index (κ2) is 10.6. The van der Waals surface area contributed by atoms with Crippen molar-refractivity contribution >= 4 is 39.2 Å². The number of nitrogens with one attached hydrogen (secondary N) is 1. The predicted octanol–water partition coefficient (Wildman–Crippen LogP) is 3.98. The van der Waals surface area contributed by atoms with Crippen LogP contribution in [0.2, 0.25) is 5.02 Å². The van der Waals surface area contributed by atoms with Crippen molar-refractivity contribution < 1.29 is 22.7 Å². The van der Waals surface area contributed by atoms with E-state index in [1.54, 1.807) is 12.1 Å². The number of benzene rings is 3. The van der Waals surface area contributed by atoms with Gasteiger partial charge < -0.3 is 10.1 Å². The minimum absolute atomic E-state index is 0.0307. The van der Waals surface area contributed by atoms with E-state index >= 15 is 0 Å². The molecule has 0 aliphatic heterocycles. The Morgan fingerprint density at radius 3 is 2.33 bits per heavy atom. The number of sulfonamides is 1.